The van der Waals surface area contributed by atoms with Gasteiger partial charge < -0.3 is 10.2 Å². The summed E-state index contributed by atoms with van der Waals surface area (Å²) in [5.41, 5.74) is 3.08. The van der Waals surface area contributed by atoms with Gasteiger partial charge in [0, 0.05) is 30.0 Å². The molecule has 0 aromatic heterocycles. The number of rotatable bonds is 3. The second-order valence-electron chi connectivity index (χ2n) is 6.36. The van der Waals surface area contributed by atoms with Crippen molar-refractivity contribution >= 4 is 17.3 Å². The Morgan fingerprint density at radius 2 is 1.71 bits per heavy atom. The Hall–Kier alpha value is -2.80. The number of nitrogens with zero attached hydrogens (tertiary/aromatic N) is 2. The summed E-state index contributed by atoms with van der Waals surface area (Å²) in [4.78, 5) is 14.6. The zero-order chi connectivity index (χ0) is 16.9. The van der Waals surface area contributed by atoms with Crippen LogP contribution in [0.1, 0.15) is 35.7 Å². The Balaban J connectivity index is 1.63. The van der Waals surface area contributed by atoms with Crippen LogP contribution in [0.3, 0.4) is 0 Å². The van der Waals surface area contributed by atoms with Crippen molar-refractivity contribution in [2.75, 3.05) is 23.3 Å². The molecule has 1 aliphatic heterocycles. The van der Waals surface area contributed by atoms with Gasteiger partial charge in [-0.15, -0.1) is 0 Å². The molecule has 1 fully saturated rings. The molecule has 0 unspecified atom stereocenters. The van der Waals surface area contributed by atoms with Gasteiger partial charge in [-0.25, -0.2) is 0 Å². The van der Waals surface area contributed by atoms with Gasteiger partial charge in [-0.1, -0.05) is 6.92 Å². The molecule has 0 atom stereocenters. The predicted octanol–water partition coefficient (Wildman–Crippen LogP) is 4.05. The molecular formula is C20H21N3O. The molecule has 3 rings (SSSR count). The van der Waals surface area contributed by atoms with Crippen LogP contribution in [-0.2, 0) is 0 Å². The molecule has 1 heterocycles. The fraction of sp³-hybridized carbons (Fsp3) is 0.300. The van der Waals surface area contributed by atoms with Crippen molar-refractivity contribution in [2.24, 2.45) is 5.92 Å². The van der Waals surface area contributed by atoms with Gasteiger partial charge in [-0.2, -0.15) is 5.26 Å². The van der Waals surface area contributed by atoms with Crippen LogP contribution in [0.15, 0.2) is 48.5 Å². The highest BCUT2D eigenvalue weighted by molar-refractivity contribution is 6.04. The van der Waals surface area contributed by atoms with E-state index in [-0.39, 0.29) is 5.91 Å². The summed E-state index contributed by atoms with van der Waals surface area (Å²) in [7, 11) is 0. The summed E-state index contributed by atoms with van der Waals surface area (Å²) in [6.45, 7) is 4.50. The maximum Gasteiger partial charge on any atom is 0.255 e. The van der Waals surface area contributed by atoms with Crippen molar-refractivity contribution in [1.82, 2.24) is 0 Å². The summed E-state index contributed by atoms with van der Waals surface area (Å²) in [6.07, 6.45) is 2.47. The van der Waals surface area contributed by atoms with Crippen molar-refractivity contribution in [3.05, 3.63) is 59.7 Å². The Morgan fingerprint density at radius 3 is 2.29 bits per heavy atom. The number of benzene rings is 2. The first-order valence-corrected chi connectivity index (χ1v) is 8.32. The maximum absolute atomic E-state index is 12.2. The molecule has 1 saturated heterocycles. The molecule has 2 aromatic carbocycles. The number of piperidine rings is 1. The average Bonchev–Trinajstić information content (AvgIpc) is 2.63. The van der Waals surface area contributed by atoms with Crippen LogP contribution in [0.25, 0.3) is 0 Å². The molecule has 2 aromatic rings. The smallest absolute Gasteiger partial charge is 0.255 e. The highest BCUT2D eigenvalue weighted by Crippen LogP contribution is 2.24. The zero-order valence-electron chi connectivity index (χ0n) is 13.8. The van der Waals surface area contributed by atoms with Gasteiger partial charge in [-0.05, 0) is 67.3 Å². The Labute approximate surface area is 142 Å². The molecule has 4 heteroatoms. The van der Waals surface area contributed by atoms with E-state index in [0.717, 1.165) is 24.7 Å². The molecule has 0 radical (unpaired) electrons. The largest absolute Gasteiger partial charge is 0.372 e. The fourth-order valence-electron chi connectivity index (χ4n) is 2.92. The van der Waals surface area contributed by atoms with Gasteiger partial charge in [0.05, 0.1) is 11.6 Å². The van der Waals surface area contributed by atoms with Crippen molar-refractivity contribution in [3.63, 3.8) is 0 Å². The second kappa shape index (κ2) is 7.18. The molecule has 1 amide bonds. The van der Waals surface area contributed by atoms with Gasteiger partial charge in [0.1, 0.15) is 0 Å². The van der Waals surface area contributed by atoms with Crippen molar-refractivity contribution in [2.45, 2.75) is 19.8 Å². The molecule has 0 saturated carbocycles. The Morgan fingerprint density at radius 1 is 1.08 bits per heavy atom. The van der Waals surface area contributed by atoms with Crippen LogP contribution < -0.4 is 10.2 Å². The van der Waals surface area contributed by atoms with Crippen LogP contribution in [0.4, 0.5) is 11.4 Å². The van der Waals surface area contributed by atoms with E-state index in [4.69, 9.17) is 5.26 Å². The number of anilines is 2. The number of amides is 1. The average molecular weight is 319 g/mol. The fourth-order valence-corrected chi connectivity index (χ4v) is 2.92. The van der Waals surface area contributed by atoms with Crippen LogP contribution in [0, 0.1) is 17.2 Å². The van der Waals surface area contributed by atoms with Gasteiger partial charge in [0.25, 0.3) is 5.91 Å². The number of carbonyl (C=O) groups excluding carboxylic acids is 1. The Bertz CT molecular complexity index is 736. The van der Waals surface area contributed by atoms with Crippen molar-refractivity contribution in [1.29, 1.82) is 5.26 Å². The number of nitriles is 1. The van der Waals surface area contributed by atoms with Crippen molar-refractivity contribution < 1.29 is 4.79 Å². The lowest BCUT2D eigenvalue weighted by molar-refractivity contribution is 0.102. The van der Waals surface area contributed by atoms with Crippen LogP contribution >= 0.6 is 0 Å². The molecule has 1 aliphatic rings. The molecule has 0 spiro atoms. The summed E-state index contributed by atoms with van der Waals surface area (Å²) < 4.78 is 0. The van der Waals surface area contributed by atoms with Gasteiger partial charge >= 0.3 is 0 Å². The standard InChI is InChI=1S/C20H21N3O/c1-15-10-12-23(13-11-15)19-8-6-18(7-9-19)22-20(24)17-4-2-16(14-21)3-5-17/h2-9,15H,10-13H2,1H3,(H,22,24). The lowest BCUT2D eigenvalue weighted by Gasteiger charge is -2.32. The van der Waals surface area contributed by atoms with Crippen LogP contribution in [0.2, 0.25) is 0 Å². The van der Waals surface area contributed by atoms with Crippen LogP contribution in [-0.4, -0.2) is 19.0 Å². The third-order valence-electron chi connectivity index (χ3n) is 4.55. The number of hydrogen-bond donors (Lipinski definition) is 1. The van der Waals surface area contributed by atoms with Crippen LogP contribution in [0.5, 0.6) is 0 Å². The van der Waals surface area contributed by atoms with E-state index in [1.165, 1.54) is 18.5 Å². The second-order valence-corrected chi connectivity index (χ2v) is 6.36. The Kier molecular flexibility index (Phi) is 4.81. The first-order valence-electron chi connectivity index (χ1n) is 8.32. The van der Waals surface area contributed by atoms with E-state index < -0.39 is 0 Å². The van der Waals surface area contributed by atoms with Gasteiger partial charge in [-0.3, -0.25) is 4.79 Å². The highest BCUT2D eigenvalue weighted by Gasteiger charge is 2.16. The SMILES string of the molecule is CC1CCN(c2ccc(NC(=O)c3ccc(C#N)cc3)cc2)CC1. The number of hydrogen-bond acceptors (Lipinski definition) is 3. The van der Waals surface area contributed by atoms with Gasteiger partial charge in [0.2, 0.25) is 0 Å². The third-order valence-corrected chi connectivity index (χ3v) is 4.55. The predicted molar refractivity (Wildman–Crippen MR) is 96.2 cm³/mol. The van der Waals surface area contributed by atoms with Gasteiger partial charge in [0.15, 0.2) is 0 Å². The van der Waals surface area contributed by atoms with Crippen molar-refractivity contribution in [3.8, 4) is 6.07 Å². The zero-order valence-corrected chi connectivity index (χ0v) is 13.8. The molecule has 122 valence electrons. The normalized spacial score (nSPS) is 14.9. The van der Waals surface area contributed by atoms with E-state index in [1.54, 1.807) is 24.3 Å². The highest BCUT2D eigenvalue weighted by atomic mass is 16.1. The lowest BCUT2D eigenvalue weighted by Crippen LogP contribution is -2.32. The summed E-state index contributed by atoms with van der Waals surface area (Å²) in [5.74, 6) is 0.645. The minimum atomic E-state index is -0.168. The first kappa shape index (κ1) is 16.1. The number of nitrogens with one attached hydrogen (secondary N) is 1. The van der Waals surface area contributed by atoms with E-state index in [2.05, 4.69) is 29.3 Å². The first-order chi connectivity index (χ1) is 11.7. The minimum absolute atomic E-state index is 0.168. The maximum atomic E-state index is 12.2. The number of carbonyl (C=O) groups is 1. The van der Waals surface area contributed by atoms with E-state index >= 15 is 0 Å². The molecule has 1 N–H and O–H groups in total. The topological polar surface area (TPSA) is 56.1 Å². The third kappa shape index (κ3) is 3.75. The molecule has 24 heavy (non-hydrogen) atoms. The van der Waals surface area contributed by atoms with E-state index in [0.29, 0.717) is 11.1 Å². The van der Waals surface area contributed by atoms with E-state index in [1.807, 2.05) is 18.2 Å². The molecular weight excluding hydrogens is 298 g/mol. The van der Waals surface area contributed by atoms with E-state index in [9.17, 15) is 4.79 Å². The monoisotopic (exact) mass is 319 g/mol. The lowest BCUT2D eigenvalue weighted by atomic mass is 9.99. The molecule has 0 bridgehead atoms. The molecule has 0 aliphatic carbocycles. The summed E-state index contributed by atoms with van der Waals surface area (Å²) in [5, 5.41) is 11.7. The minimum Gasteiger partial charge on any atom is -0.372 e. The quantitative estimate of drug-likeness (QED) is 0.928. The molecule has 4 nitrogen and oxygen atoms in total. The summed E-state index contributed by atoms with van der Waals surface area (Å²) in [6, 6.07) is 16.7. The summed E-state index contributed by atoms with van der Waals surface area (Å²) >= 11 is 0.